The molecule has 0 unspecified atom stereocenters. The van der Waals surface area contributed by atoms with Crippen molar-refractivity contribution in [3.8, 4) is 0 Å². The van der Waals surface area contributed by atoms with Gasteiger partial charge in [0, 0.05) is 49.4 Å². The molecule has 3 N–H and O–H groups in total. The van der Waals surface area contributed by atoms with E-state index in [0.29, 0.717) is 35.9 Å². The lowest BCUT2D eigenvalue weighted by molar-refractivity contribution is 0.419. The lowest BCUT2D eigenvalue weighted by Gasteiger charge is -2.33. The molecule has 1 atom stereocenters. The summed E-state index contributed by atoms with van der Waals surface area (Å²) in [6, 6.07) is 7.22. The first kappa shape index (κ1) is 21.6. The molecule has 5 rings (SSSR count). The average Bonchev–Trinajstić information content (AvgIpc) is 2.84. The van der Waals surface area contributed by atoms with Crippen LogP contribution in [0.25, 0.3) is 11.0 Å². The predicted octanol–water partition coefficient (Wildman–Crippen LogP) is 3.20. The van der Waals surface area contributed by atoms with E-state index in [9.17, 15) is 4.79 Å². The number of hydrogen-bond donors (Lipinski definition) is 2. The van der Waals surface area contributed by atoms with Gasteiger partial charge in [-0.25, -0.2) is 4.79 Å². The summed E-state index contributed by atoms with van der Waals surface area (Å²) in [6.07, 6.45) is 5.76. The maximum absolute atomic E-state index is 11.8. The maximum Gasteiger partial charge on any atom is 0.336 e. The van der Waals surface area contributed by atoms with Gasteiger partial charge in [0.25, 0.3) is 0 Å². The van der Waals surface area contributed by atoms with E-state index in [-0.39, 0.29) is 5.63 Å². The van der Waals surface area contributed by atoms with Crippen LogP contribution in [0.4, 0.5) is 23.5 Å². The first-order valence-corrected chi connectivity index (χ1v) is 11.9. The second kappa shape index (κ2) is 9.35. The molecule has 9 heteroatoms. The van der Waals surface area contributed by atoms with Crippen LogP contribution < -0.4 is 26.5 Å². The molecular formula is C24H31N7O2. The molecule has 3 aromatic rings. The van der Waals surface area contributed by atoms with Gasteiger partial charge in [0.1, 0.15) is 5.58 Å². The van der Waals surface area contributed by atoms with Crippen molar-refractivity contribution in [1.29, 1.82) is 0 Å². The van der Waals surface area contributed by atoms with Gasteiger partial charge in [-0.2, -0.15) is 15.0 Å². The third kappa shape index (κ3) is 4.78. The molecule has 0 spiro atoms. The zero-order valence-corrected chi connectivity index (χ0v) is 19.1. The monoisotopic (exact) mass is 449 g/mol. The Balaban J connectivity index is 1.49. The summed E-state index contributed by atoms with van der Waals surface area (Å²) in [6.45, 7) is 6.26. The zero-order valence-electron chi connectivity index (χ0n) is 19.1. The molecular weight excluding hydrogens is 418 g/mol. The molecule has 2 aliphatic rings. The number of benzene rings is 1. The van der Waals surface area contributed by atoms with Crippen LogP contribution in [0.5, 0.6) is 0 Å². The van der Waals surface area contributed by atoms with Crippen molar-refractivity contribution >= 4 is 34.5 Å². The van der Waals surface area contributed by atoms with Gasteiger partial charge in [-0.05, 0) is 69.2 Å². The molecule has 2 fully saturated rings. The first-order chi connectivity index (χ1) is 16.1. The molecule has 2 aliphatic heterocycles. The molecule has 2 saturated heterocycles. The van der Waals surface area contributed by atoms with Crippen LogP contribution in [-0.4, -0.2) is 47.7 Å². The fourth-order valence-corrected chi connectivity index (χ4v) is 4.76. The molecule has 0 amide bonds. The van der Waals surface area contributed by atoms with Gasteiger partial charge >= 0.3 is 5.63 Å². The fraction of sp³-hybridized carbons (Fsp3) is 0.500. The minimum Gasteiger partial charge on any atom is -0.423 e. The van der Waals surface area contributed by atoms with E-state index in [0.717, 1.165) is 68.5 Å². The number of nitrogens with zero attached hydrogens (tertiary/aromatic N) is 5. The summed E-state index contributed by atoms with van der Waals surface area (Å²) in [4.78, 5) is 30.7. The topological polar surface area (TPSA) is 113 Å². The summed E-state index contributed by atoms with van der Waals surface area (Å²) >= 11 is 0. The van der Waals surface area contributed by atoms with E-state index in [1.54, 1.807) is 0 Å². The Hall–Kier alpha value is -3.20. The van der Waals surface area contributed by atoms with E-state index in [1.165, 1.54) is 12.5 Å². The highest BCUT2D eigenvalue weighted by atomic mass is 16.4. The van der Waals surface area contributed by atoms with E-state index < -0.39 is 0 Å². The highest BCUT2D eigenvalue weighted by Crippen LogP contribution is 2.27. The van der Waals surface area contributed by atoms with Crippen molar-refractivity contribution in [1.82, 2.24) is 15.0 Å². The van der Waals surface area contributed by atoms with Crippen molar-refractivity contribution in [2.75, 3.05) is 47.8 Å². The second-order valence-electron chi connectivity index (χ2n) is 9.08. The number of piperidine rings is 2. The highest BCUT2D eigenvalue weighted by Gasteiger charge is 2.24. The first-order valence-electron chi connectivity index (χ1n) is 11.9. The SMILES string of the molecule is Cc1cc(=O)oc2cc(Nc3nc(N4CCCCC4)nc(N4CCC[C@H](CN)C4)n3)ccc12. The van der Waals surface area contributed by atoms with Crippen molar-refractivity contribution in [3.05, 3.63) is 40.2 Å². The van der Waals surface area contributed by atoms with Gasteiger partial charge in [-0.1, -0.05) is 0 Å². The smallest absolute Gasteiger partial charge is 0.336 e. The summed E-state index contributed by atoms with van der Waals surface area (Å²) in [7, 11) is 0. The predicted molar refractivity (Wildman–Crippen MR) is 130 cm³/mol. The molecule has 174 valence electrons. The zero-order chi connectivity index (χ0) is 22.8. The summed E-state index contributed by atoms with van der Waals surface area (Å²) in [5.74, 6) is 2.34. The number of hydrogen-bond acceptors (Lipinski definition) is 9. The molecule has 0 aliphatic carbocycles. The van der Waals surface area contributed by atoms with Crippen LogP contribution >= 0.6 is 0 Å². The average molecular weight is 450 g/mol. The number of aryl methyl sites for hydroxylation is 1. The summed E-state index contributed by atoms with van der Waals surface area (Å²) < 4.78 is 5.41. The van der Waals surface area contributed by atoms with Crippen LogP contribution in [0.15, 0.2) is 33.5 Å². The minimum atomic E-state index is -0.355. The normalized spacial score (nSPS) is 19.2. The third-order valence-corrected chi connectivity index (χ3v) is 6.59. The number of fused-ring (bicyclic) bond motifs is 1. The fourth-order valence-electron chi connectivity index (χ4n) is 4.76. The number of nitrogens with one attached hydrogen (secondary N) is 1. The van der Waals surface area contributed by atoms with Crippen LogP contribution in [0.3, 0.4) is 0 Å². The largest absolute Gasteiger partial charge is 0.423 e. The van der Waals surface area contributed by atoms with E-state index in [1.807, 2.05) is 25.1 Å². The Labute approximate surface area is 193 Å². The standard InChI is InChI=1S/C24H31N7O2/c1-16-12-21(32)33-20-13-18(7-8-19(16)20)26-22-27-23(30-9-3-2-4-10-30)29-24(28-22)31-11-5-6-17(14-25)15-31/h7-8,12-13,17H,2-6,9-11,14-15,25H2,1H3,(H,26,27,28,29)/t17-/m1/s1. The lowest BCUT2D eigenvalue weighted by atomic mass is 9.99. The van der Waals surface area contributed by atoms with Gasteiger partial charge < -0.3 is 25.3 Å². The van der Waals surface area contributed by atoms with Crippen LogP contribution in [-0.2, 0) is 0 Å². The van der Waals surface area contributed by atoms with Crippen molar-refractivity contribution in [2.45, 2.75) is 39.0 Å². The number of aromatic nitrogens is 3. The highest BCUT2D eigenvalue weighted by molar-refractivity contribution is 5.83. The van der Waals surface area contributed by atoms with Gasteiger partial charge in [-0.15, -0.1) is 0 Å². The van der Waals surface area contributed by atoms with Crippen molar-refractivity contribution in [2.24, 2.45) is 11.7 Å². The van der Waals surface area contributed by atoms with Crippen LogP contribution in [0, 0.1) is 12.8 Å². The Morgan fingerprint density at radius 2 is 1.79 bits per heavy atom. The lowest BCUT2D eigenvalue weighted by Crippen LogP contribution is -2.40. The molecule has 0 radical (unpaired) electrons. The minimum absolute atomic E-state index is 0.355. The Morgan fingerprint density at radius 1 is 1.03 bits per heavy atom. The Morgan fingerprint density at radius 3 is 2.58 bits per heavy atom. The second-order valence-corrected chi connectivity index (χ2v) is 9.08. The number of anilines is 4. The van der Waals surface area contributed by atoms with Gasteiger partial charge in [0.2, 0.25) is 17.8 Å². The van der Waals surface area contributed by atoms with Gasteiger partial charge in [-0.3, -0.25) is 0 Å². The van der Waals surface area contributed by atoms with E-state index in [4.69, 9.17) is 25.1 Å². The van der Waals surface area contributed by atoms with E-state index in [2.05, 4.69) is 15.1 Å². The Kier molecular flexibility index (Phi) is 6.13. The molecule has 0 saturated carbocycles. The summed E-state index contributed by atoms with van der Waals surface area (Å²) in [5.41, 5.74) is 7.79. The molecule has 33 heavy (non-hydrogen) atoms. The van der Waals surface area contributed by atoms with E-state index >= 15 is 0 Å². The Bertz CT molecular complexity index is 1190. The maximum atomic E-state index is 11.8. The van der Waals surface area contributed by atoms with Gasteiger partial charge in [0.05, 0.1) is 0 Å². The molecule has 9 nitrogen and oxygen atoms in total. The third-order valence-electron chi connectivity index (χ3n) is 6.59. The molecule has 2 aromatic heterocycles. The van der Waals surface area contributed by atoms with Crippen molar-refractivity contribution < 1.29 is 4.42 Å². The summed E-state index contributed by atoms with van der Waals surface area (Å²) in [5, 5.41) is 4.23. The van der Waals surface area contributed by atoms with Gasteiger partial charge in [0.15, 0.2) is 0 Å². The van der Waals surface area contributed by atoms with Crippen LogP contribution in [0.1, 0.15) is 37.7 Å². The molecule has 4 heterocycles. The van der Waals surface area contributed by atoms with Crippen molar-refractivity contribution in [3.63, 3.8) is 0 Å². The number of rotatable bonds is 5. The number of nitrogens with two attached hydrogens (primary N) is 1. The quantitative estimate of drug-likeness (QED) is 0.567. The van der Waals surface area contributed by atoms with Crippen LogP contribution in [0.2, 0.25) is 0 Å². The molecule has 1 aromatic carbocycles. The molecule has 0 bridgehead atoms.